The Hall–Kier alpha value is -2.99. The van der Waals surface area contributed by atoms with Gasteiger partial charge in [-0.05, 0) is 26.0 Å². The first-order valence-electron chi connectivity index (χ1n) is 11.4. The summed E-state index contributed by atoms with van der Waals surface area (Å²) >= 11 is 1.37. The number of carbonyl (C=O) groups excluding carboxylic acids is 4. The van der Waals surface area contributed by atoms with E-state index in [1.54, 1.807) is 18.2 Å². The van der Waals surface area contributed by atoms with Crippen molar-refractivity contribution < 1.29 is 43.0 Å². The molecule has 2 fully saturated rings. The summed E-state index contributed by atoms with van der Waals surface area (Å²) in [5.41, 5.74) is 0.164. The van der Waals surface area contributed by atoms with Gasteiger partial charge in [0.05, 0.1) is 35.4 Å². The minimum Gasteiger partial charge on any atom is -0.550 e. The second-order valence-electron chi connectivity index (χ2n) is 10.4. The number of fused-ring (bicyclic) bond motifs is 1. The second kappa shape index (κ2) is 10.2. The van der Waals surface area contributed by atoms with Crippen LogP contribution in [0.4, 0.5) is 0 Å². The second-order valence-corrected chi connectivity index (χ2v) is 12.1. The zero-order valence-electron chi connectivity index (χ0n) is 21.5. The van der Waals surface area contributed by atoms with Crippen LogP contribution in [0.15, 0.2) is 18.2 Å². The van der Waals surface area contributed by atoms with E-state index in [0.29, 0.717) is 16.0 Å². The van der Waals surface area contributed by atoms with Gasteiger partial charge in [0.25, 0.3) is 5.91 Å². The Morgan fingerprint density at radius 3 is 2.25 bits per heavy atom. The van der Waals surface area contributed by atoms with Gasteiger partial charge < -0.3 is 38.8 Å². The van der Waals surface area contributed by atoms with Crippen molar-refractivity contribution in [2.24, 2.45) is 0 Å². The number of likely N-dealkylation sites (N-methyl/N-ethyl adjacent to an activating group) is 1. The summed E-state index contributed by atoms with van der Waals surface area (Å²) in [6.07, 6.45) is -1.36. The highest BCUT2D eigenvalue weighted by Crippen LogP contribution is 2.51. The lowest BCUT2D eigenvalue weighted by molar-refractivity contribution is -0.873. The van der Waals surface area contributed by atoms with Crippen molar-refractivity contribution in [3.63, 3.8) is 0 Å². The molecule has 2 heterocycles. The summed E-state index contributed by atoms with van der Waals surface area (Å²) in [7, 11) is 8.42. The Morgan fingerprint density at radius 2 is 1.75 bits per heavy atom. The van der Waals surface area contributed by atoms with Crippen LogP contribution in [0, 0.1) is 0 Å². The van der Waals surface area contributed by atoms with Gasteiger partial charge in [-0.1, -0.05) is 6.07 Å². The molecule has 11 nitrogen and oxygen atoms in total. The number of thioether (sulfide) groups is 1. The highest BCUT2D eigenvalue weighted by molar-refractivity contribution is 8.01. The lowest BCUT2D eigenvalue weighted by atomic mass is 9.95. The van der Waals surface area contributed by atoms with Gasteiger partial charge in [-0.25, -0.2) is 4.79 Å². The zero-order chi connectivity index (χ0) is 27.0. The van der Waals surface area contributed by atoms with Crippen LogP contribution in [-0.2, 0) is 19.1 Å². The topological polar surface area (TPSA) is 134 Å². The highest BCUT2D eigenvalue weighted by atomic mass is 32.2. The fraction of sp³-hybridized carbons (Fsp3) is 0.583. The van der Waals surface area contributed by atoms with Crippen LogP contribution in [0.2, 0.25) is 0 Å². The molecule has 0 saturated carbocycles. The number of amides is 2. The fourth-order valence-electron chi connectivity index (χ4n) is 4.58. The molecule has 3 rings (SSSR count). The maximum absolute atomic E-state index is 13.2. The third kappa shape index (κ3) is 5.54. The molecule has 2 amide bonds. The number of esters is 1. The lowest BCUT2D eigenvalue weighted by Crippen LogP contribution is -2.70. The zero-order valence-corrected chi connectivity index (χ0v) is 22.3. The number of aliphatic carboxylic acids is 1. The molecule has 12 heteroatoms. The first-order valence-corrected chi connectivity index (χ1v) is 12.3. The maximum atomic E-state index is 13.2. The number of hydrogen-bond acceptors (Lipinski definition) is 9. The van der Waals surface area contributed by atoms with Crippen molar-refractivity contribution in [2.45, 2.75) is 48.6 Å². The Bertz CT molecular complexity index is 1030. The van der Waals surface area contributed by atoms with E-state index in [0.717, 1.165) is 0 Å². The molecule has 2 aliphatic rings. The van der Waals surface area contributed by atoms with Crippen molar-refractivity contribution >= 4 is 35.5 Å². The SMILES string of the molecule is COc1cccc(OC)c1C(=O)N[C@@H]1C(=O)N2[C@@H]1SC(C)(C)[C@@H]2C(=O)OC(CC(=O)[O-])C[N+](C)(C)C. The molecule has 2 saturated heterocycles. The summed E-state index contributed by atoms with van der Waals surface area (Å²) in [4.78, 5) is 52.1. The van der Waals surface area contributed by atoms with E-state index in [-0.39, 0.29) is 12.1 Å². The molecule has 36 heavy (non-hydrogen) atoms. The Kier molecular flexibility index (Phi) is 7.80. The number of β-lactam (4-membered cyclic amide) rings is 1. The standard InChI is InChI=1S/C24H33N3O8S/c1-24(2)19(23(32)35-13(11-16(28)29)12-27(3,4)5)26-21(31)18(22(26)36-24)25-20(30)17-14(33-6)9-8-10-15(17)34-7/h8-10,13,18-19,22H,11-12H2,1-7H3,(H-,25,28,29,30)/t13?,18-,19+,22-/m1/s1. The van der Waals surface area contributed by atoms with Crippen molar-refractivity contribution in [3.05, 3.63) is 23.8 Å². The van der Waals surface area contributed by atoms with Gasteiger partial charge in [0.2, 0.25) is 5.91 Å². The quantitative estimate of drug-likeness (QED) is 0.247. The number of methoxy groups -OCH3 is 2. The molecule has 2 aliphatic heterocycles. The first-order chi connectivity index (χ1) is 16.7. The van der Waals surface area contributed by atoms with E-state index in [9.17, 15) is 24.3 Å². The van der Waals surface area contributed by atoms with Crippen molar-refractivity contribution in [2.75, 3.05) is 41.9 Å². The van der Waals surface area contributed by atoms with E-state index in [2.05, 4.69) is 5.32 Å². The van der Waals surface area contributed by atoms with Gasteiger partial charge in [-0.15, -0.1) is 11.8 Å². The number of carboxylic acids is 1. The van der Waals surface area contributed by atoms with Gasteiger partial charge in [0.1, 0.15) is 41.1 Å². The van der Waals surface area contributed by atoms with Crippen LogP contribution in [0.3, 0.4) is 0 Å². The molecule has 1 aromatic carbocycles. The minimum atomic E-state index is -1.33. The number of carbonyl (C=O) groups is 4. The molecule has 0 aliphatic carbocycles. The smallest absolute Gasteiger partial charge is 0.330 e. The molecular formula is C24H33N3O8S. The number of quaternary nitrogens is 1. The Morgan fingerprint density at radius 1 is 1.17 bits per heavy atom. The number of ether oxygens (including phenoxy) is 3. The van der Waals surface area contributed by atoms with Gasteiger partial charge in [-0.3, -0.25) is 9.59 Å². The van der Waals surface area contributed by atoms with Crippen LogP contribution < -0.4 is 19.9 Å². The number of nitrogens with one attached hydrogen (secondary N) is 1. The van der Waals surface area contributed by atoms with E-state index >= 15 is 0 Å². The molecule has 0 aromatic heterocycles. The summed E-state index contributed by atoms with van der Waals surface area (Å²) in [6.45, 7) is 3.88. The molecule has 0 spiro atoms. The van der Waals surface area contributed by atoms with E-state index in [1.165, 1.54) is 30.9 Å². The molecule has 198 valence electrons. The van der Waals surface area contributed by atoms with Gasteiger partial charge in [-0.2, -0.15) is 0 Å². The van der Waals surface area contributed by atoms with Gasteiger partial charge in [0.15, 0.2) is 6.10 Å². The Labute approximate surface area is 214 Å². The molecule has 1 unspecified atom stereocenters. The average molecular weight is 524 g/mol. The number of rotatable bonds is 10. The first kappa shape index (κ1) is 27.6. The number of benzene rings is 1. The monoisotopic (exact) mass is 523 g/mol. The normalized spacial score (nSPS) is 23.2. The molecule has 4 atom stereocenters. The van der Waals surface area contributed by atoms with Gasteiger partial charge >= 0.3 is 5.97 Å². The van der Waals surface area contributed by atoms with Crippen molar-refractivity contribution in [1.29, 1.82) is 0 Å². The van der Waals surface area contributed by atoms with Crippen molar-refractivity contribution in [3.8, 4) is 11.5 Å². The van der Waals surface area contributed by atoms with E-state index < -0.39 is 58.5 Å². The predicted octanol–water partition coefficient (Wildman–Crippen LogP) is -0.377. The number of hydrogen-bond donors (Lipinski definition) is 1. The molecular weight excluding hydrogens is 490 g/mol. The summed E-state index contributed by atoms with van der Waals surface area (Å²) in [5.74, 6) is -2.37. The number of nitrogens with zero attached hydrogens (tertiary/aromatic N) is 2. The third-order valence-corrected chi connectivity index (χ3v) is 7.61. The lowest BCUT2D eigenvalue weighted by Gasteiger charge is -2.44. The maximum Gasteiger partial charge on any atom is 0.330 e. The Balaban J connectivity index is 1.77. The summed E-state index contributed by atoms with van der Waals surface area (Å²) in [6, 6.07) is 3.11. The van der Waals surface area contributed by atoms with Crippen LogP contribution in [-0.4, -0.2) is 103 Å². The summed E-state index contributed by atoms with van der Waals surface area (Å²) in [5, 5.41) is 13.5. The molecule has 0 radical (unpaired) electrons. The van der Waals surface area contributed by atoms with Crippen LogP contribution in [0.1, 0.15) is 30.6 Å². The molecule has 1 N–H and O–H groups in total. The largest absolute Gasteiger partial charge is 0.550 e. The average Bonchev–Trinajstić information content (AvgIpc) is 3.02. The van der Waals surface area contributed by atoms with E-state index in [1.807, 2.05) is 35.0 Å². The van der Waals surface area contributed by atoms with Crippen LogP contribution in [0.5, 0.6) is 11.5 Å². The summed E-state index contributed by atoms with van der Waals surface area (Å²) < 4.78 is 15.8. The van der Waals surface area contributed by atoms with E-state index in [4.69, 9.17) is 14.2 Å². The van der Waals surface area contributed by atoms with Crippen LogP contribution >= 0.6 is 11.8 Å². The predicted molar refractivity (Wildman–Crippen MR) is 129 cm³/mol. The third-order valence-electron chi connectivity index (χ3n) is 6.03. The van der Waals surface area contributed by atoms with Crippen molar-refractivity contribution in [1.82, 2.24) is 10.2 Å². The van der Waals surface area contributed by atoms with Gasteiger partial charge in [0, 0.05) is 17.1 Å². The number of carboxylic acid groups (broad SMARTS) is 1. The fourth-order valence-corrected chi connectivity index (χ4v) is 6.20. The minimum absolute atomic E-state index is 0.164. The molecule has 0 bridgehead atoms. The molecule has 1 aromatic rings. The highest BCUT2D eigenvalue weighted by Gasteiger charge is 2.64. The van der Waals surface area contributed by atoms with Crippen LogP contribution in [0.25, 0.3) is 0 Å².